The molecule has 0 fully saturated rings. The number of ether oxygens (including phenoxy) is 1. The minimum Gasteiger partial charge on any atom is -0.406 e. The average molecular weight is 220 g/mol. The Hall–Kier alpha value is -1.19. The molecule has 86 valence electrons. The third-order valence-electron chi connectivity index (χ3n) is 1.71. The predicted molar refractivity (Wildman–Crippen MR) is 54.0 cm³/mol. The van der Waals surface area contributed by atoms with E-state index in [4.69, 9.17) is 0 Å². The second kappa shape index (κ2) is 4.55. The smallest absolute Gasteiger partial charge is 0.406 e. The molecule has 0 N–H and O–H groups in total. The van der Waals surface area contributed by atoms with E-state index < -0.39 is 6.36 Å². The molecule has 0 bridgehead atoms. The van der Waals surface area contributed by atoms with E-state index >= 15 is 0 Å². The number of hydrogen-bond donors (Lipinski definition) is 0. The molecule has 0 aliphatic heterocycles. The minimum absolute atomic E-state index is 0.302. The van der Waals surface area contributed by atoms with Crippen molar-refractivity contribution in [3.05, 3.63) is 36.6 Å². The van der Waals surface area contributed by atoms with Gasteiger partial charge in [-0.25, -0.2) is 0 Å². The zero-order valence-electron chi connectivity index (χ0n) is 9.11. The van der Waals surface area contributed by atoms with Crippen LogP contribution in [0.3, 0.4) is 0 Å². The van der Waals surface area contributed by atoms with E-state index in [0.717, 1.165) is 6.08 Å². The van der Waals surface area contributed by atoms with Gasteiger partial charge in [-0.2, -0.15) is 0 Å². The highest BCUT2D eigenvalue weighted by molar-refractivity contribution is 5.27. The molecule has 0 radical (unpaired) electrons. The summed E-state index contributed by atoms with van der Waals surface area (Å²) in [6, 6.07) is 0. The van der Waals surface area contributed by atoms with Crippen molar-refractivity contribution in [2.45, 2.75) is 27.1 Å². The Balaban J connectivity index is 4.77. The maximum atomic E-state index is 11.9. The van der Waals surface area contributed by atoms with Crippen LogP contribution in [0.2, 0.25) is 0 Å². The van der Waals surface area contributed by atoms with Crippen LogP contribution in [0.15, 0.2) is 36.6 Å². The van der Waals surface area contributed by atoms with Crippen LogP contribution < -0.4 is 0 Å². The molecule has 15 heavy (non-hydrogen) atoms. The fourth-order valence-corrected chi connectivity index (χ4v) is 0.652. The van der Waals surface area contributed by atoms with Crippen molar-refractivity contribution in [2.75, 3.05) is 0 Å². The van der Waals surface area contributed by atoms with Gasteiger partial charge in [0.15, 0.2) is 0 Å². The van der Waals surface area contributed by atoms with Crippen molar-refractivity contribution in [3.8, 4) is 0 Å². The number of rotatable bonds is 3. The molecule has 0 heterocycles. The van der Waals surface area contributed by atoms with Gasteiger partial charge in [0.1, 0.15) is 5.76 Å². The van der Waals surface area contributed by atoms with Gasteiger partial charge in [0.2, 0.25) is 0 Å². The van der Waals surface area contributed by atoms with Crippen LogP contribution >= 0.6 is 0 Å². The summed E-state index contributed by atoms with van der Waals surface area (Å²) in [6.07, 6.45) is -2.46. The molecular formula is C11H15F3O. The Bertz CT molecular complexity index is 279. The van der Waals surface area contributed by atoms with Gasteiger partial charge in [-0.1, -0.05) is 33.9 Å². The summed E-state index contributed by atoms with van der Waals surface area (Å²) >= 11 is 0. The summed E-state index contributed by atoms with van der Waals surface area (Å²) in [7, 11) is 0. The van der Waals surface area contributed by atoms with Crippen LogP contribution in [0.25, 0.3) is 0 Å². The molecule has 0 unspecified atom stereocenters. The number of allylic oxidation sites excluding steroid dienone is 3. The molecular weight excluding hydrogens is 205 g/mol. The number of hydrogen-bond acceptors (Lipinski definition) is 1. The van der Waals surface area contributed by atoms with Gasteiger partial charge in [0.25, 0.3) is 0 Å². The highest BCUT2D eigenvalue weighted by atomic mass is 19.4. The molecule has 0 aromatic rings. The maximum Gasteiger partial charge on any atom is 0.573 e. The highest BCUT2D eigenvalue weighted by Gasteiger charge is 2.31. The molecule has 0 rings (SSSR count). The first kappa shape index (κ1) is 13.8. The molecule has 0 aliphatic rings. The Morgan fingerprint density at radius 2 is 1.67 bits per heavy atom. The Labute approximate surface area is 87.9 Å². The first-order valence-corrected chi connectivity index (χ1v) is 4.35. The van der Waals surface area contributed by atoms with E-state index in [1.54, 1.807) is 0 Å². The SMILES string of the molecule is C=C/C(=C\C(=C)C(C)(C)C)OC(F)(F)F. The number of alkyl halides is 3. The van der Waals surface area contributed by atoms with Crippen molar-refractivity contribution in [2.24, 2.45) is 5.41 Å². The molecule has 4 heteroatoms. The Morgan fingerprint density at radius 1 is 1.20 bits per heavy atom. The molecule has 0 aromatic carbocycles. The summed E-state index contributed by atoms with van der Waals surface area (Å²) in [5.74, 6) is -0.345. The normalized spacial score (nSPS) is 13.6. The molecule has 0 saturated carbocycles. The van der Waals surface area contributed by atoms with E-state index in [0.29, 0.717) is 5.57 Å². The molecule has 0 aliphatic carbocycles. The second-order valence-electron chi connectivity index (χ2n) is 4.07. The van der Waals surface area contributed by atoms with E-state index in [1.165, 1.54) is 6.08 Å². The topological polar surface area (TPSA) is 9.23 Å². The quantitative estimate of drug-likeness (QED) is 0.511. The highest BCUT2D eigenvalue weighted by Crippen LogP contribution is 2.28. The van der Waals surface area contributed by atoms with Crippen LogP contribution in [-0.2, 0) is 4.74 Å². The second-order valence-corrected chi connectivity index (χ2v) is 4.07. The fourth-order valence-electron chi connectivity index (χ4n) is 0.652. The molecule has 0 amide bonds. The summed E-state index contributed by atoms with van der Waals surface area (Å²) in [6.45, 7) is 12.5. The minimum atomic E-state index is -4.70. The lowest BCUT2D eigenvalue weighted by molar-refractivity contribution is -0.303. The zero-order chi connectivity index (χ0) is 12.3. The van der Waals surface area contributed by atoms with Gasteiger partial charge >= 0.3 is 6.36 Å². The van der Waals surface area contributed by atoms with Crippen LogP contribution in [-0.4, -0.2) is 6.36 Å². The largest absolute Gasteiger partial charge is 0.573 e. The van der Waals surface area contributed by atoms with Crippen molar-refractivity contribution < 1.29 is 17.9 Å². The average Bonchev–Trinajstić information content (AvgIpc) is 1.98. The first-order valence-electron chi connectivity index (χ1n) is 4.35. The monoisotopic (exact) mass is 220 g/mol. The van der Waals surface area contributed by atoms with Gasteiger partial charge in [0.05, 0.1) is 0 Å². The van der Waals surface area contributed by atoms with Gasteiger partial charge in [-0.15, -0.1) is 13.2 Å². The van der Waals surface area contributed by atoms with Gasteiger partial charge in [-0.3, -0.25) is 0 Å². The van der Waals surface area contributed by atoms with Crippen LogP contribution in [0.4, 0.5) is 13.2 Å². The Morgan fingerprint density at radius 3 is 1.93 bits per heavy atom. The molecule has 0 saturated heterocycles. The summed E-state index contributed by atoms with van der Waals surface area (Å²) in [5.41, 5.74) is 0.241. The van der Waals surface area contributed by atoms with Gasteiger partial charge in [-0.05, 0) is 23.1 Å². The van der Waals surface area contributed by atoms with Crippen molar-refractivity contribution in [1.29, 1.82) is 0 Å². The van der Waals surface area contributed by atoms with Crippen molar-refractivity contribution >= 4 is 0 Å². The lowest BCUT2D eigenvalue weighted by Gasteiger charge is -2.20. The maximum absolute atomic E-state index is 11.9. The zero-order valence-corrected chi connectivity index (χ0v) is 9.11. The van der Waals surface area contributed by atoms with E-state index in [2.05, 4.69) is 17.9 Å². The van der Waals surface area contributed by atoms with Crippen LogP contribution in [0.1, 0.15) is 20.8 Å². The standard InChI is InChI=1S/C11H15F3O/c1-6-9(15-11(12,13)14)7-8(2)10(3,4)5/h6-7H,1-2H2,3-5H3/b9-7+. The molecule has 0 spiro atoms. The van der Waals surface area contributed by atoms with E-state index in [9.17, 15) is 13.2 Å². The van der Waals surface area contributed by atoms with Gasteiger partial charge < -0.3 is 4.74 Å². The fraction of sp³-hybridized carbons (Fsp3) is 0.455. The lowest BCUT2D eigenvalue weighted by atomic mass is 9.87. The third kappa shape index (κ3) is 5.99. The Kier molecular flexibility index (Phi) is 4.19. The van der Waals surface area contributed by atoms with Gasteiger partial charge in [0, 0.05) is 0 Å². The molecule has 1 nitrogen and oxygen atoms in total. The van der Waals surface area contributed by atoms with E-state index in [-0.39, 0.29) is 11.2 Å². The van der Waals surface area contributed by atoms with E-state index in [1.807, 2.05) is 20.8 Å². The summed E-state index contributed by atoms with van der Waals surface area (Å²) in [5, 5.41) is 0. The first-order chi connectivity index (χ1) is 6.56. The number of halogens is 3. The molecule has 0 atom stereocenters. The summed E-state index contributed by atoms with van der Waals surface area (Å²) in [4.78, 5) is 0. The molecule has 0 aromatic heterocycles. The van der Waals surface area contributed by atoms with Crippen LogP contribution in [0.5, 0.6) is 0 Å². The summed E-state index contributed by atoms with van der Waals surface area (Å²) < 4.78 is 39.4. The van der Waals surface area contributed by atoms with Crippen molar-refractivity contribution in [3.63, 3.8) is 0 Å². The predicted octanol–water partition coefficient (Wildman–Crippen LogP) is 4.20. The van der Waals surface area contributed by atoms with Crippen LogP contribution in [0, 0.1) is 5.41 Å². The van der Waals surface area contributed by atoms with Crippen molar-refractivity contribution in [1.82, 2.24) is 0 Å². The third-order valence-corrected chi connectivity index (χ3v) is 1.71. The lowest BCUT2D eigenvalue weighted by Crippen LogP contribution is -2.13.